The Labute approximate surface area is 120 Å². The molecule has 3 rings (SSSR count). The maximum absolute atomic E-state index is 12.2. The summed E-state index contributed by atoms with van der Waals surface area (Å²) in [6, 6.07) is 6.31. The molecule has 2 fully saturated rings. The summed E-state index contributed by atoms with van der Waals surface area (Å²) in [6.45, 7) is 0.520. The molecule has 3 unspecified atom stereocenters. The van der Waals surface area contributed by atoms with Crippen LogP contribution in [0.2, 0.25) is 0 Å². The summed E-state index contributed by atoms with van der Waals surface area (Å²) in [4.78, 5) is 16.5. The number of hydrogen-bond donors (Lipinski definition) is 2. The Balaban J connectivity index is 1.50. The van der Waals surface area contributed by atoms with Crippen LogP contribution in [-0.2, 0) is 11.3 Å². The quantitative estimate of drug-likeness (QED) is 0.886. The molecular formula is C16H23N3O. The van der Waals surface area contributed by atoms with Gasteiger partial charge in [0, 0.05) is 12.2 Å². The van der Waals surface area contributed by atoms with Gasteiger partial charge < -0.3 is 10.6 Å². The van der Waals surface area contributed by atoms with Gasteiger partial charge in [0.05, 0.1) is 18.3 Å². The molecule has 0 bridgehead atoms. The van der Waals surface area contributed by atoms with E-state index in [1.807, 2.05) is 18.2 Å². The van der Waals surface area contributed by atoms with E-state index in [1.165, 1.54) is 32.1 Å². The van der Waals surface area contributed by atoms with E-state index in [0.29, 0.717) is 12.6 Å². The van der Waals surface area contributed by atoms with Crippen molar-refractivity contribution >= 4 is 5.91 Å². The first-order valence-electron chi connectivity index (χ1n) is 7.76. The maximum Gasteiger partial charge on any atom is 0.237 e. The van der Waals surface area contributed by atoms with E-state index in [-0.39, 0.29) is 11.9 Å². The van der Waals surface area contributed by atoms with Crippen LogP contribution >= 0.6 is 0 Å². The van der Waals surface area contributed by atoms with Gasteiger partial charge in [-0.15, -0.1) is 0 Å². The number of fused-ring (bicyclic) bond motifs is 1. The van der Waals surface area contributed by atoms with Crippen molar-refractivity contribution in [3.05, 3.63) is 30.1 Å². The summed E-state index contributed by atoms with van der Waals surface area (Å²) in [5, 5.41) is 6.56. The fourth-order valence-electron chi connectivity index (χ4n) is 3.51. The summed E-state index contributed by atoms with van der Waals surface area (Å²) < 4.78 is 0. The van der Waals surface area contributed by atoms with E-state index in [9.17, 15) is 4.79 Å². The van der Waals surface area contributed by atoms with Crippen LogP contribution in [0.5, 0.6) is 0 Å². The number of carbonyl (C=O) groups is 1. The van der Waals surface area contributed by atoms with Crippen LogP contribution in [0.4, 0.5) is 0 Å². The average Bonchev–Trinajstić information content (AvgIpc) is 2.53. The molecule has 0 spiro atoms. The van der Waals surface area contributed by atoms with Crippen LogP contribution in [0.25, 0.3) is 0 Å². The highest BCUT2D eigenvalue weighted by molar-refractivity contribution is 5.81. The lowest BCUT2D eigenvalue weighted by molar-refractivity contribution is -0.124. The van der Waals surface area contributed by atoms with E-state index in [1.54, 1.807) is 6.20 Å². The monoisotopic (exact) mass is 273 g/mol. The molecule has 1 saturated heterocycles. The van der Waals surface area contributed by atoms with Gasteiger partial charge in [-0.25, -0.2) is 0 Å². The standard InChI is InChI=1S/C16H23N3O/c20-16(18-11-13-6-3-4-10-17-13)15-9-8-12-5-1-2-7-14(12)19-15/h3-4,6,10,12,14-15,19H,1-2,5,7-9,11H2,(H,18,20). The second-order valence-corrected chi connectivity index (χ2v) is 5.99. The van der Waals surface area contributed by atoms with Gasteiger partial charge in [-0.05, 0) is 43.7 Å². The zero-order chi connectivity index (χ0) is 13.8. The largest absolute Gasteiger partial charge is 0.349 e. The molecule has 1 aliphatic carbocycles. The third-order valence-electron chi connectivity index (χ3n) is 4.64. The molecule has 2 aliphatic rings. The normalized spacial score (nSPS) is 29.5. The Morgan fingerprint density at radius 1 is 1.25 bits per heavy atom. The minimum Gasteiger partial charge on any atom is -0.349 e. The number of aromatic nitrogens is 1. The van der Waals surface area contributed by atoms with Crippen LogP contribution < -0.4 is 10.6 Å². The summed E-state index contributed by atoms with van der Waals surface area (Å²) in [5.41, 5.74) is 0.909. The lowest BCUT2D eigenvalue weighted by Gasteiger charge is -2.39. The fraction of sp³-hybridized carbons (Fsp3) is 0.625. The molecule has 0 radical (unpaired) electrons. The highest BCUT2D eigenvalue weighted by Crippen LogP contribution is 2.32. The minimum atomic E-state index is -0.0157. The number of hydrogen-bond acceptors (Lipinski definition) is 3. The van der Waals surface area contributed by atoms with Gasteiger partial charge >= 0.3 is 0 Å². The molecule has 1 amide bonds. The molecule has 1 aliphatic heterocycles. The maximum atomic E-state index is 12.2. The number of pyridine rings is 1. The van der Waals surface area contributed by atoms with Crippen LogP contribution in [0.1, 0.15) is 44.2 Å². The number of carbonyl (C=O) groups excluding carboxylic acids is 1. The SMILES string of the molecule is O=C(NCc1ccccn1)C1CCC2CCCCC2N1. The van der Waals surface area contributed by atoms with Crippen LogP contribution in [0.15, 0.2) is 24.4 Å². The first-order chi connectivity index (χ1) is 9.83. The van der Waals surface area contributed by atoms with Crippen LogP contribution in [0, 0.1) is 5.92 Å². The highest BCUT2D eigenvalue weighted by Gasteiger charge is 2.34. The summed E-state index contributed by atoms with van der Waals surface area (Å²) in [5.74, 6) is 0.920. The number of nitrogens with zero attached hydrogens (tertiary/aromatic N) is 1. The van der Waals surface area contributed by atoms with Gasteiger partial charge in [-0.2, -0.15) is 0 Å². The summed E-state index contributed by atoms with van der Waals surface area (Å²) in [6.07, 6.45) is 9.14. The molecule has 1 aromatic heterocycles. The molecular weight excluding hydrogens is 250 g/mol. The molecule has 4 nitrogen and oxygen atoms in total. The summed E-state index contributed by atoms with van der Waals surface area (Å²) in [7, 11) is 0. The number of piperidine rings is 1. The predicted octanol–water partition coefficient (Wildman–Crippen LogP) is 2.01. The van der Waals surface area contributed by atoms with Crippen molar-refractivity contribution < 1.29 is 4.79 Å². The van der Waals surface area contributed by atoms with E-state index in [4.69, 9.17) is 0 Å². The van der Waals surface area contributed by atoms with Crippen molar-refractivity contribution in [3.63, 3.8) is 0 Å². The first kappa shape index (κ1) is 13.6. The van der Waals surface area contributed by atoms with Crippen LogP contribution in [0.3, 0.4) is 0 Å². The average molecular weight is 273 g/mol. The molecule has 2 N–H and O–H groups in total. The van der Waals surface area contributed by atoms with Crippen LogP contribution in [-0.4, -0.2) is 23.0 Å². The predicted molar refractivity (Wildman–Crippen MR) is 78.0 cm³/mol. The van der Waals surface area contributed by atoms with Crippen molar-refractivity contribution in [2.75, 3.05) is 0 Å². The van der Waals surface area contributed by atoms with Crippen molar-refractivity contribution in [1.82, 2.24) is 15.6 Å². The molecule has 108 valence electrons. The number of nitrogens with one attached hydrogen (secondary N) is 2. The first-order valence-corrected chi connectivity index (χ1v) is 7.76. The molecule has 1 aromatic rings. The summed E-state index contributed by atoms with van der Waals surface area (Å²) >= 11 is 0. The molecule has 20 heavy (non-hydrogen) atoms. The van der Waals surface area contributed by atoms with Crippen molar-refractivity contribution in [2.45, 2.75) is 57.2 Å². The van der Waals surface area contributed by atoms with Gasteiger partial charge in [0.1, 0.15) is 0 Å². The zero-order valence-corrected chi connectivity index (χ0v) is 11.8. The van der Waals surface area contributed by atoms with Crippen molar-refractivity contribution in [1.29, 1.82) is 0 Å². The van der Waals surface area contributed by atoms with Gasteiger partial charge in [0.25, 0.3) is 0 Å². The second kappa shape index (κ2) is 6.35. The van der Waals surface area contributed by atoms with E-state index in [2.05, 4.69) is 15.6 Å². The van der Waals surface area contributed by atoms with Gasteiger partial charge in [-0.3, -0.25) is 9.78 Å². The molecule has 2 heterocycles. The number of amides is 1. The second-order valence-electron chi connectivity index (χ2n) is 5.99. The minimum absolute atomic E-state index is 0.0157. The Morgan fingerprint density at radius 3 is 3.00 bits per heavy atom. The molecule has 0 aromatic carbocycles. The Hall–Kier alpha value is -1.42. The van der Waals surface area contributed by atoms with E-state index < -0.39 is 0 Å². The van der Waals surface area contributed by atoms with Crippen molar-refractivity contribution in [3.8, 4) is 0 Å². The fourth-order valence-corrected chi connectivity index (χ4v) is 3.51. The third kappa shape index (κ3) is 3.18. The molecule has 4 heteroatoms. The lowest BCUT2D eigenvalue weighted by atomic mass is 9.77. The Kier molecular flexibility index (Phi) is 4.31. The van der Waals surface area contributed by atoms with Gasteiger partial charge in [-0.1, -0.05) is 18.9 Å². The topological polar surface area (TPSA) is 54.0 Å². The Morgan fingerprint density at radius 2 is 2.15 bits per heavy atom. The molecule has 1 saturated carbocycles. The highest BCUT2D eigenvalue weighted by atomic mass is 16.2. The van der Waals surface area contributed by atoms with E-state index >= 15 is 0 Å². The third-order valence-corrected chi connectivity index (χ3v) is 4.64. The van der Waals surface area contributed by atoms with Crippen molar-refractivity contribution in [2.24, 2.45) is 5.92 Å². The van der Waals surface area contributed by atoms with Gasteiger partial charge in [0.15, 0.2) is 0 Å². The molecule has 3 atom stereocenters. The Bertz CT molecular complexity index is 448. The smallest absolute Gasteiger partial charge is 0.237 e. The zero-order valence-electron chi connectivity index (χ0n) is 11.8. The number of rotatable bonds is 3. The van der Waals surface area contributed by atoms with Gasteiger partial charge in [0.2, 0.25) is 5.91 Å². The van der Waals surface area contributed by atoms with E-state index in [0.717, 1.165) is 18.0 Å². The lowest BCUT2D eigenvalue weighted by Crippen LogP contribution is -2.54.